The molecule has 0 fully saturated rings. The molecule has 0 aliphatic heterocycles. The summed E-state index contributed by atoms with van der Waals surface area (Å²) in [5.74, 6) is 6.94. The fraction of sp³-hybridized carbons (Fsp3) is 0.150. The van der Waals surface area contributed by atoms with Crippen LogP contribution in [0.1, 0.15) is 25.0 Å². The molecule has 0 saturated heterocycles. The molecule has 0 aliphatic carbocycles. The van der Waals surface area contributed by atoms with Crippen LogP contribution in [0.2, 0.25) is 17.3 Å². The molecule has 0 spiro atoms. The van der Waals surface area contributed by atoms with Crippen LogP contribution in [0.25, 0.3) is 42.7 Å². The van der Waals surface area contributed by atoms with E-state index in [0.29, 0.717) is 16.8 Å². The van der Waals surface area contributed by atoms with E-state index in [4.69, 9.17) is 2.74 Å². The molecule has 46 heavy (non-hydrogen) atoms. The first kappa shape index (κ1) is 31.1. The summed E-state index contributed by atoms with van der Waals surface area (Å²) >= 11 is -0.201. The van der Waals surface area contributed by atoms with Crippen LogP contribution in [-0.4, -0.2) is 23.2 Å². The molecule has 3 heterocycles. The van der Waals surface area contributed by atoms with Crippen LogP contribution in [0, 0.1) is 31.8 Å². The Morgan fingerprint density at radius 1 is 0.804 bits per heavy atom. The molecule has 0 aliphatic rings. The summed E-state index contributed by atoms with van der Waals surface area (Å²) in [6.45, 7) is 4.15. The van der Waals surface area contributed by atoms with E-state index in [-0.39, 0.29) is 25.9 Å². The van der Waals surface area contributed by atoms with Crippen molar-refractivity contribution >= 4 is 49.2 Å². The minimum atomic E-state index is -1.77. The average Bonchev–Trinajstić information content (AvgIpc) is 3.43. The van der Waals surface area contributed by atoms with Crippen molar-refractivity contribution in [2.45, 2.75) is 37.5 Å². The minimum absolute atomic E-state index is 0. The van der Waals surface area contributed by atoms with Crippen molar-refractivity contribution < 1.29 is 27.2 Å². The standard InChI is InChI=1S/C25H17FNS.C15H18GeN.Ir/c1-16-4-2-5-17(12-16)13-18-10-11-27-23(14-18)21-7-3-6-20-22-15-19(26)8-9-24(22)28-25(20)21;1-12-10-15(13-8-6-5-7-9-13)17-11-14(12)16(2,3)4;/h2-6,8-12,14-15H,13H2,1H3;5-8,10-11H,1-4H3;/q2*-1;/i13D2;;. The van der Waals surface area contributed by atoms with Gasteiger partial charge in [-0.25, -0.2) is 4.39 Å². The number of aryl methyl sites for hydroxylation is 2. The number of hydrogen-bond acceptors (Lipinski definition) is 3. The SMILES string of the molecule is Cc1cc(-c2[c-]cccc2)nc[c]1[Ge]([CH3])([CH3])[CH3].[2H]C([2H])(c1cccc(C)c1)c1ccnc(-c2[c-]ccc3c2sc2ccc(F)cc23)c1.[Ir]. The van der Waals surface area contributed by atoms with Crippen LogP contribution < -0.4 is 4.40 Å². The topological polar surface area (TPSA) is 25.8 Å². The molecule has 6 heteroatoms. The van der Waals surface area contributed by atoms with Crippen LogP contribution >= 0.6 is 11.3 Å². The quantitative estimate of drug-likeness (QED) is 0.127. The van der Waals surface area contributed by atoms with Gasteiger partial charge in [-0.3, -0.25) is 0 Å². The van der Waals surface area contributed by atoms with Gasteiger partial charge < -0.3 is 4.98 Å². The van der Waals surface area contributed by atoms with Crippen molar-refractivity contribution in [1.82, 2.24) is 9.97 Å². The van der Waals surface area contributed by atoms with E-state index < -0.39 is 19.6 Å². The smallest absolute Gasteiger partial charge is 0.123 e. The third-order valence-corrected chi connectivity index (χ3v) is 13.3. The van der Waals surface area contributed by atoms with Gasteiger partial charge in [-0.05, 0) is 64.5 Å². The number of benzene rings is 4. The Hall–Kier alpha value is -3.48. The molecule has 0 N–H and O–H groups in total. The number of rotatable bonds is 5. The zero-order chi connectivity index (χ0) is 33.3. The van der Waals surface area contributed by atoms with Crippen molar-refractivity contribution in [1.29, 1.82) is 0 Å². The number of aromatic nitrogens is 2. The molecular formula is C40H35FGeIrN2S-2. The molecule has 3 aromatic heterocycles. The molecule has 0 amide bonds. The van der Waals surface area contributed by atoms with Gasteiger partial charge in [0.05, 0.1) is 0 Å². The minimum Gasteiger partial charge on any atom is -0.305 e. The maximum atomic E-state index is 13.8. The average molecular weight is 862 g/mol. The van der Waals surface area contributed by atoms with Gasteiger partial charge in [0.15, 0.2) is 0 Å². The zero-order valence-corrected chi connectivity index (χ0v) is 31.7. The first-order valence-corrected chi connectivity index (χ1v) is 23.1. The van der Waals surface area contributed by atoms with Crippen LogP contribution in [0.15, 0.2) is 109 Å². The summed E-state index contributed by atoms with van der Waals surface area (Å²) < 4.78 is 34.7. The van der Waals surface area contributed by atoms with Gasteiger partial charge in [0.25, 0.3) is 0 Å². The summed E-state index contributed by atoms with van der Waals surface area (Å²) in [5, 5.41) is 1.83. The number of pyridine rings is 2. The molecule has 7 rings (SSSR count). The summed E-state index contributed by atoms with van der Waals surface area (Å²) in [4.78, 5) is 9.10. The Morgan fingerprint density at radius 2 is 1.63 bits per heavy atom. The van der Waals surface area contributed by atoms with Crippen LogP contribution in [0.4, 0.5) is 4.39 Å². The molecule has 1 radical (unpaired) electrons. The molecule has 2 nitrogen and oxygen atoms in total. The Morgan fingerprint density at radius 3 is 2.37 bits per heavy atom. The van der Waals surface area contributed by atoms with Crippen molar-refractivity contribution in [3.63, 3.8) is 0 Å². The van der Waals surface area contributed by atoms with E-state index in [9.17, 15) is 4.39 Å². The Balaban J connectivity index is 0.000000214. The van der Waals surface area contributed by atoms with E-state index in [2.05, 4.69) is 64.6 Å². The number of hydrogen-bond donors (Lipinski definition) is 0. The molecular weight excluding hydrogens is 824 g/mol. The largest absolute Gasteiger partial charge is 0.305 e. The predicted molar refractivity (Wildman–Crippen MR) is 192 cm³/mol. The third kappa shape index (κ3) is 7.72. The van der Waals surface area contributed by atoms with Gasteiger partial charge in [0, 0.05) is 33.7 Å². The van der Waals surface area contributed by atoms with Gasteiger partial charge >= 0.3 is 106 Å². The van der Waals surface area contributed by atoms with Gasteiger partial charge in [-0.2, -0.15) is 11.3 Å². The second-order valence-corrected chi connectivity index (χ2v) is 23.8. The number of halogens is 1. The fourth-order valence-corrected chi connectivity index (χ4v) is 10.2. The van der Waals surface area contributed by atoms with E-state index in [1.165, 1.54) is 16.0 Å². The normalized spacial score (nSPS) is 12.1. The predicted octanol–water partition coefficient (Wildman–Crippen LogP) is 10.4. The van der Waals surface area contributed by atoms with Crippen molar-refractivity contribution in [2.24, 2.45) is 0 Å². The number of thiophene rings is 1. The van der Waals surface area contributed by atoms with Gasteiger partial charge in [-0.1, -0.05) is 41.3 Å². The number of fused-ring (bicyclic) bond motifs is 3. The first-order chi connectivity index (χ1) is 22.4. The summed E-state index contributed by atoms with van der Waals surface area (Å²) in [6.07, 6.45) is 2.06. The Kier molecular flexibility index (Phi) is 9.83. The van der Waals surface area contributed by atoms with E-state index in [0.717, 1.165) is 42.6 Å². The third-order valence-electron chi connectivity index (χ3n) is 7.62. The van der Waals surface area contributed by atoms with Crippen LogP contribution in [0.3, 0.4) is 0 Å². The molecule has 4 aromatic carbocycles. The zero-order valence-electron chi connectivity index (χ0n) is 28.4. The maximum Gasteiger partial charge on any atom is 0.123 e. The molecule has 7 aromatic rings. The van der Waals surface area contributed by atoms with Crippen molar-refractivity contribution in [2.75, 3.05) is 0 Å². The van der Waals surface area contributed by atoms with E-state index in [1.807, 2.05) is 55.5 Å². The molecule has 0 saturated carbocycles. The molecule has 233 valence electrons. The van der Waals surface area contributed by atoms with Crippen LogP contribution in [-0.2, 0) is 26.5 Å². The first-order valence-electron chi connectivity index (χ1n) is 15.9. The molecule has 0 unspecified atom stereocenters. The van der Waals surface area contributed by atoms with E-state index in [1.54, 1.807) is 47.9 Å². The fourth-order valence-electron chi connectivity index (χ4n) is 5.48. The summed E-state index contributed by atoms with van der Waals surface area (Å²) in [5.41, 5.74) is 7.09. The van der Waals surface area contributed by atoms with Gasteiger partial charge in [0.2, 0.25) is 0 Å². The second kappa shape index (κ2) is 14.5. The monoisotopic (exact) mass is 863 g/mol. The Bertz CT molecular complexity index is 2210. The van der Waals surface area contributed by atoms with Gasteiger partial charge in [-0.15, -0.1) is 23.8 Å². The van der Waals surface area contributed by atoms with Gasteiger partial charge in [0.1, 0.15) is 5.82 Å². The molecule has 0 bridgehead atoms. The Labute approximate surface area is 294 Å². The maximum absolute atomic E-state index is 13.8. The van der Waals surface area contributed by atoms with Crippen LogP contribution in [0.5, 0.6) is 0 Å². The number of nitrogens with zero attached hydrogens (tertiary/aromatic N) is 2. The van der Waals surface area contributed by atoms with Crippen molar-refractivity contribution in [3.8, 4) is 22.5 Å². The van der Waals surface area contributed by atoms with E-state index >= 15 is 0 Å². The summed E-state index contributed by atoms with van der Waals surface area (Å²) in [7, 11) is 0. The molecule has 0 atom stereocenters. The summed E-state index contributed by atoms with van der Waals surface area (Å²) in [6, 6.07) is 36.2. The van der Waals surface area contributed by atoms with Crippen molar-refractivity contribution in [3.05, 3.63) is 150 Å². The second-order valence-electron chi connectivity index (χ2n) is 12.2.